The van der Waals surface area contributed by atoms with Crippen LogP contribution in [0.15, 0.2) is 77.9 Å². The second kappa shape index (κ2) is 5.58. The van der Waals surface area contributed by atoms with Crippen LogP contribution in [0.3, 0.4) is 0 Å². The van der Waals surface area contributed by atoms with Gasteiger partial charge in [-0.1, -0.05) is 18.2 Å². The monoisotopic (exact) mass is 318 g/mol. The zero-order valence-electron chi connectivity index (χ0n) is 12.7. The predicted molar refractivity (Wildman–Crippen MR) is 92.0 cm³/mol. The van der Waals surface area contributed by atoms with Crippen molar-refractivity contribution < 1.29 is 4.74 Å². The van der Waals surface area contributed by atoms with E-state index in [0.29, 0.717) is 22.5 Å². The van der Waals surface area contributed by atoms with Crippen LogP contribution >= 0.6 is 0 Å². The summed E-state index contributed by atoms with van der Waals surface area (Å²) in [6.07, 6.45) is 3.22. The van der Waals surface area contributed by atoms with E-state index in [1.54, 1.807) is 18.5 Å². The van der Waals surface area contributed by atoms with Crippen molar-refractivity contribution in [2.24, 2.45) is 0 Å². The number of imidazole rings is 1. The summed E-state index contributed by atoms with van der Waals surface area (Å²) in [5.74, 6) is 7.28. The number of para-hydroxylation sites is 1. The highest BCUT2D eigenvalue weighted by molar-refractivity contribution is 5.77. The molecule has 0 radical (unpaired) electrons. The molecule has 0 unspecified atom stereocenters. The second-order valence-electron chi connectivity index (χ2n) is 5.26. The predicted octanol–water partition coefficient (Wildman–Crippen LogP) is 2.69. The summed E-state index contributed by atoms with van der Waals surface area (Å²) in [5.41, 5.74) is 1.65. The standard InChI is InChI=1S/C18H14N4O2/c19-22-16-10-11-20-12-17(16)21(18(22)23)13-6-8-15(9-7-13)24-14-4-2-1-3-5-14/h1-12H,19H2. The van der Waals surface area contributed by atoms with E-state index in [0.717, 1.165) is 10.4 Å². The molecule has 0 aliphatic rings. The third-order valence-corrected chi connectivity index (χ3v) is 3.75. The van der Waals surface area contributed by atoms with Crippen LogP contribution in [-0.2, 0) is 0 Å². The average Bonchev–Trinajstić information content (AvgIpc) is 2.88. The van der Waals surface area contributed by atoms with Gasteiger partial charge in [-0.3, -0.25) is 9.55 Å². The van der Waals surface area contributed by atoms with Gasteiger partial charge in [0.05, 0.1) is 22.9 Å². The fraction of sp³-hybridized carbons (Fsp3) is 0. The Morgan fingerprint density at radius 3 is 2.33 bits per heavy atom. The number of benzene rings is 2. The van der Waals surface area contributed by atoms with Crippen molar-refractivity contribution in [2.75, 3.05) is 5.84 Å². The van der Waals surface area contributed by atoms with Crippen LogP contribution in [-0.4, -0.2) is 14.2 Å². The highest BCUT2D eigenvalue weighted by Crippen LogP contribution is 2.23. The zero-order chi connectivity index (χ0) is 16.5. The van der Waals surface area contributed by atoms with E-state index in [-0.39, 0.29) is 5.69 Å². The minimum absolute atomic E-state index is 0.324. The van der Waals surface area contributed by atoms with Gasteiger partial charge in [0, 0.05) is 6.20 Å². The molecule has 2 aromatic carbocycles. The average molecular weight is 318 g/mol. The van der Waals surface area contributed by atoms with Crippen LogP contribution in [0.5, 0.6) is 11.5 Å². The van der Waals surface area contributed by atoms with E-state index < -0.39 is 0 Å². The minimum Gasteiger partial charge on any atom is -0.457 e. The molecule has 6 heteroatoms. The first kappa shape index (κ1) is 14.1. The molecule has 4 rings (SSSR count). The molecule has 2 heterocycles. The first-order valence-corrected chi connectivity index (χ1v) is 7.40. The summed E-state index contributed by atoms with van der Waals surface area (Å²) < 4.78 is 8.40. The Morgan fingerprint density at radius 2 is 1.58 bits per heavy atom. The molecule has 2 N–H and O–H groups in total. The summed E-state index contributed by atoms with van der Waals surface area (Å²) >= 11 is 0. The lowest BCUT2D eigenvalue weighted by atomic mass is 10.3. The number of hydrogen-bond donors (Lipinski definition) is 1. The smallest absolute Gasteiger partial charge is 0.352 e. The minimum atomic E-state index is -0.324. The maximum Gasteiger partial charge on any atom is 0.352 e. The molecule has 24 heavy (non-hydrogen) atoms. The van der Waals surface area contributed by atoms with Crippen LogP contribution in [0.2, 0.25) is 0 Å². The molecule has 0 bridgehead atoms. The third kappa shape index (κ3) is 2.30. The van der Waals surface area contributed by atoms with Crippen LogP contribution < -0.4 is 16.3 Å². The number of hydrogen-bond acceptors (Lipinski definition) is 4. The molecule has 6 nitrogen and oxygen atoms in total. The van der Waals surface area contributed by atoms with Gasteiger partial charge in [-0.2, -0.15) is 0 Å². The number of pyridine rings is 1. The fourth-order valence-electron chi connectivity index (χ4n) is 2.61. The lowest BCUT2D eigenvalue weighted by molar-refractivity contribution is 0.482. The molecule has 0 atom stereocenters. The van der Waals surface area contributed by atoms with E-state index >= 15 is 0 Å². The van der Waals surface area contributed by atoms with Crippen LogP contribution in [0.25, 0.3) is 16.7 Å². The Hall–Kier alpha value is -3.54. The van der Waals surface area contributed by atoms with E-state index in [1.165, 1.54) is 4.57 Å². The van der Waals surface area contributed by atoms with Gasteiger partial charge in [0.1, 0.15) is 11.5 Å². The fourth-order valence-corrected chi connectivity index (χ4v) is 2.61. The zero-order valence-corrected chi connectivity index (χ0v) is 12.7. The molecule has 0 aliphatic carbocycles. The summed E-state index contributed by atoms with van der Waals surface area (Å²) in [6, 6.07) is 18.5. The van der Waals surface area contributed by atoms with Crippen molar-refractivity contribution in [3.8, 4) is 17.2 Å². The lowest BCUT2D eigenvalue weighted by Crippen LogP contribution is -2.28. The molecule has 0 spiro atoms. The topological polar surface area (TPSA) is 75.1 Å². The van der Waals surface area contributed by atoms with Gasteiger partial charge >= 0.3 is 5.69 Å². The van der Waals surface area contributed by atoms with Gasteiger partial charge in [0.15, 0.2) is 0 Å². The SMILES string of the molecule is Nn1c(=O)n(-c2ccc(Oc3ccccc3)cc2)c2cnccc21. The van der Waals surface area contributed by atoms with Crippen molar-refractivity contribution in [3.63, 3.8) is 0 Å². The molecular weight excluding hydrogens is 304 g/mol. The van der Waals surface area contributed by atoms with E-state index in [9.17, 15) is 4.79 Å². The first-order chi connectivity index (χ1) is 11.7. The Morgan fingerprint density at radius 1 is 0.875 bits per heavy atom. The second-order valence-corrected chi connectivity index (χ2v) is 5.26. The van der Waals surface area contributed by atoms with Crippen molar-refractivity contribution in [1.82, 2.24) is 14.2 Å². The molecule has 118 valence electrons. The molecule has 4 aromatic rings. The normalized spacial score (nSPS) is 10.8. The van der Waals surface area contributed by atoms with Crippen molar-refractivity contribution in [1.29, 1.82) is 0 Å². The maximum atomic E-state index is 12.4. The molecule has 0 saturated heterocycles. The number of nitrogens with zero attached hydrogens (tertiary/aromatic N) is 3. The van der Waals surface area contributed by atoms with E-state index in [2.05, 4.69) is 4.98 Å². The number of nitrogens with two attached hydrogens (primary N) is 1. The summed E-state index contributed by atoms with van der Waals surface area (Å²) in [6.45, 7) is 0. The Balaban J connectivity index is 1.74. The van der Waals surface area contributed by atoms with Gasteiger partial charge < -0.3 is 10.6 Å². The third-order valence-electron chi connectivity index (χ3n) is 3.75. The van der Waals surface area contributed by atoms with Crippen LogP contribution in [0.1, 0.15) is 0 Å². The molecular formula is C18H14N4O2. The van der Waals surface area contributed by atoms with Crippen LogP contribution in [0.4, 0.5) is 0 Å². The van der Waals surface area contributed by atoms with Gasteiger partial charge in [-0.15, -0.1) is 0 Å². The summed E-state index contributed by atoms with van der Waals surface area (Å²) in [5, 5.41) is 0. The largest absolute Gasteiger partial charge is 0.457 e. The highest BCUT2D eigenvalue weighted by Gasteiger charge is 2.12. The van der Waals surface area contributed by atoms with Crippen molar-refractivity contribution >= 4 is 11.0 Å². The van der Waals surface area contributed by atoms with Gasteiger partial charge in [-0.25, -0.2) is 9.47 Å². The first-order valence-electron chi connectivity index (χ1n) is 7.40. The Bertz CT molecular complexity index is 1050. The molecule has 0 aliphatic heterocycles. The van der Waals surface area contributed by atoms with Crippen molar-refractivity contribution in [2.45, 2.75) is 0 Å². The number of fused-ring (bicyclic) bond motifs is 1. The Kier molecular flexibility index (Phi) is 3.28. The summed E-state index contributed by atoms with van der Waals surface area (Å²) in [7, 11) is 0. The number of ether oxygens (including phenoxy) is 1. The lowest BCUT2D eigenvalue weighted by Gasteiger charge is -2.07. The molecule has 0 amide bonds. The van der Waals surface area contributed by atoms with Crippen LogP contribution in [0, 0.1) is 0 Å². The maximum absolute atomic E-state index is 12.4. The number of rotatable bonds is 3. The van der Waals surface area contributed by atoms with Crippen molar-refractivity contribution in [3.05, 3.63) is 83.5 Å². The molecule has 0 saturated carbocycles. The number of aromatic nitrogens is 3. The van der Waals surface area contributed by atoms with E-state index in [4.69, 9.17) is 10.6 Å². The number of nitrogen functional groups attached to an aromatic ring is 1. The highest BCUT2D eigenvalue weighted by atomic mass is 16.5. The Labute approximate surface area is 137 Å². The van der Waals surface area contributed by atoms with E-state index in [1.807, 2.05) is 54.6 Å². The van der Waals surface area contributed by atoms with Gasteiger partial charge in [-0.05, 0) is 42.5 Å². The summed E-state index contributed by atoms with van der Waals surface area (Å²) in [4.78, 5) is 16.5. The van der Waals surface area contributed by atoms with Gasteiger partial charge in [0.2, 0.25) is 0 Å². The quantitative estimate of drug-likeness (QED) is 0.589. The molecule has 0 fully saturated rings. The molecule has 2 aromatic heterocycles. The van der Waals surface area contributed by atoms with Gasteiger partial charge in [0.25, 0.3) is 0 Å².